The smallest absolute Gasteiger partial charge is 0.243 e. The number of rotatable bonds is 5. The molecule has 0 radical (unpaired) electrons. The second-order valence-electron chi connectivity index (χ2n) is 6.44. The van der Waals surface area contributed by atoms with E-state index in [0.29, 0.717) is 17.8 Å². The average Bonchev–Trinajstić information content (AvgIpc) is 3.15. The van der Waals surface area contributed by atoms with E-state index < -0.39 is 0 Å². The summed E-state index contributed by atoms with van der Waals surface area (Å²) in [5.41, 5.74) is 0. The van der Waals surface area contributed by atoms with Crippen molar-refractivity contribution in [3.63, 3.8) is 0 Å². The van der Waals surface area contributed by atoms with E-state index in [4.69, 9.17) is 4.52 Å². The van der Waals surface area contributed by atoms with Gasteiger partial charge in [0.15, 0.2) is 11.6 Å². The van der Waals surface area contributed by atoms with E-state index in [0.717, 1.165) is 38.5 Å². The molecule has 1 aliphatic carbocycles. The Kier molecular flexibility index (Phi) is 3.82. The Morgan fingerprint density at radius 1 is 1.22 bits per heavy atom. The van der Waals surface area contributed by atoms with Crippen molar-refractivity contribution in [2.45, 2.75) is 45.3 Å². The fourth-order valence-electron chi connectivity index (χ4n) is 3.07. The first kappa shape index (κ1) is 14.7. The minimum Gasteiger partial charge on any atom is -0.338 e. The molecule has 0 bridgehead atoms. The first-order valence-corrected chi connectivity index (χ1v) is 8.24. The minimum absolute atomic E-state index is 0.162. The van der Waals surface area contributed by atoms with Crippen molar-refractivity contribution in [3.05, 3.63) is 17.5 Å². The lowest BCUT2D eigenvalue weighted by Crippen LogP contribution is -2.47. The van der Waals surface area contributed by atoms with E-state index in [1.165, 1.54) is 12.8 Å². The van der Waals surface area contributed by atoms with Crippen LogP contribution < -0.4 is 0 Å². The highest BCUT2D eigenvalue weighted by Crippen LogP contribution is 2.34. The second-order valence-corrected chi connectivity index (χ2v) is 6.44. The Labute approximate surface area is 134 Å². The lowest BCUT2D eigenvalue weighted by atomic mass is 10.2. The Bertz CT molecular complexity index is 655. The van der Waals surface area contributed by atoms with Crippen molar-refractivity contribution in [1.29, 1.82) is 0 Å². The van der Waals surface area contributed by atoms with Crippen molar-refractivity contribution >= 4 is 0 Å². The van der Waals surface area contributed by atoms with Crippen molar-refractivity contribution in [1.82, 2.24) is 40.1 Å². The molecule has 1 aliphatic heterocycles. The molecule has 0 unspecified atom stereocenters. The molecule has 23 heavy (non-hydrogen) atoms. The van der Waals surface area contributed by atoms with Crippen LogP contribution in [-0.2, 0) is 6.54 Å². The Morgan fingerprint density at radius 3 is 2.65 bits per heavy atom. The standard InChI is InChI=1S/C14H22N8O/c1-10(14-15-11(2)17-23-14)21-7-5-20(6-8-21)9-13-16-18-19-22(13)12-3-4-12/h10,12H,3-9H2,1-2H3/t10-/m1/s1. The van der Waals surface area contributed by atoms with Gasteiger partial charge in [0.2, 0.25) is 5.89 Å². The molecule has 2 fully saturated rings. The van der Waals surface area contributed by atoms with E-state index in [-0.39, 0.29) is 6.04 Å². The molecule has 1 saturated carbocycles. The molecule has 3 heterocycles. The summed E-state index contributed by atoms with van der Waals surface area (Å²) in [4.78, 5) is 9.13. The predicted octanol–water partition coefficient (Wildman–Crippen LogP) is 0.578. The number of hydrogen-bond acceptors (Lipinski definition) is 8. The van der Waals surface area contributed by atoms with Crippen LogP contribution in [0.5, 0.6) is 0 Å². The molecule has 4 rings (SSSR count). The summed E-state index contributed by atoms with van der Waals surface area (Å²) >= 11 is 0. The van der Waals surface area contributed by atoms with E-state index in [2.05, 4.69) is 42.4 Å². The van der Waals surface area contributed by atoms with Gasteiger partial charge >= 0.3 is 0 Å². The molecule has 9 nitrogen and oxygen atoms in total. The van der Waals surface area contributed by atoms with Gasteiger partial charge in [-0.25, -0.2) is 4.68 Å². The molecule has 9 heteroatoms. The number of aromatic nitrogens is 6. The van der Waals surface area contributed by atoms with Crippen molar-refractivity contribution in [3.8, 4) is 0 Å². The average molecular weight is 318 g/mol. The van der Waals surface area contributed by atoms with E-state index in [1.54, 1.807) is 0 Å². The van der Waals surface area contributed by atoms with Crippen LogP contribution in [-0.4, -0.2) is 66.3 Å². The first-order valence-electron chi connectivity index (χ1n) is 8.24. The maximum absolute atomic E-state index is 5.29. The number of piperazine rings is 1. The molecule has 0 aromatic carbocycles. The van der Waals surface area contributed by atoms with Gasteiger partial charge in [-0.3, -0.25) is 9.80 Å². The Hall–Kier alpha value is -1.87. The molecular weight excluding hydrogens is 296 g/mol. The summed E-state index contributed by atoms with van der Waals surface area (Å²) < 4.78 is 7.29. The molecule has 2 aliphatic rings. The zero-order valence-electron chi connectivity index (χ0n) is 13.6. The summed E-state index contributed by atoms with van der Waals surface area (Å²) in [6.07, 6.45) is 2.40. The van der Waals surface area contributed by atoms with Gasteiger partial charge in [-0.2, -0.15) is 4.98 Å². The maximum atomic E-state index is 5.29. The monoisotopic (exact) mass is 318 g/mol. The van der Waals surface area contributed by atoms with Crippen molar-refractivity contribution in [2.24, 2.45) is 0 Å². The third-order valence-electron chi connectivity index (χ3n) is 4.67. The summed E-state index contributed by atoms with van der Waals surface area (Å²) in [7, 11) is 0. The van der Waals surface area contributed by atoms with Crippen LogP contribution in [0.15, 0.2) is 4.52 Å². The summed E-state index contributed by atoms with van der Waals surface area (Å²) in [6, 6.07) is 0.692. The number of tetrazole rings is 1. The topological polar surface area (TPSA) is 89.0 Å². The predicted molar refractivity (Wildman–Crippen MR) is 80.4 cm³/mol. The van der Waals surface area contributed by atoms with E-state index in [9.17, 15) is 0 Å². The molecule has 1 saturated heterocycles. The molecule has 1 atom stereocenters. The number of aryl methyl sites for hydroxylation is 1. The fourth-order valence-corrected chi connectivity index (χ4v) is 3.07. The molecule has 2 aromatic heterocycles. The summed E-state index contributed by atoms with van der Waals surface area (Å²) in [5.74, 6) is 2.38. The van der Waals surface area contributed by atoms with Gasteiger partial charge in [-0.05, 0) is 37.1 Å². The fraction of sp³-hybridized carbons (Fsp3) is 0.786. The van der Waals surface area contributed by atoms with Crippen LogP contribution >= 0.6 is 0 Å². The van der Waals surface area contributed by atoms with Gasteiger partial charge in [0.25, 0.3) is 0 Å². The molecular formula is C14H22N8O. The van der Waals surface area contributed by atoms with Crippen LogP contribution in [0.1, 0.15) is 49.4 Å². The third kappa shape index (κ3) is 3.11. The first-order chi connectivity index (χ1) is 11.2. The van der Waals surface area contributed by atoms with Gasteiger partial charge in [0.05, 0.1) is 18.6 Å². The highest BCUT2D eigenvalue weighted by molar-refractivity contribution is 4.94. The molecule has 124 valence electrons. The van der Waals surface area contributed by atoms with Crippen LogP contribution in [0.2, 0.25) is 0 Å². The van der Waals surface area contributed by atoms with Crippen molar-refractivity contribution in [2.75, 3.05) is 26.2 Å². The van der Waals surface area contributed by atoms with E-state index >= 15 is 0 Å². The van der Waals surface area contributed by atoms with Gasteiger partial charge in [0.1, 0.15) is 0 Å². The van der Waals surface area contributed by atoms with Gasteiger partial charge < -0.3 is 4.52 Å². The zero-order valence-corrected chi connectivity index (χ0v) is 13.6. The molecule has 0 amide bonds. The Morgan fingerprint density at radius 2 is 2.00 bits per heavy atom. The third-order valence-corrected chi connectivity index (χ3v) is 4.67. The van der Waals surface area contributed by atoms with Gasteiger partial charge in [-0.15, -0.1) is 5.10 Å². The SMILES string of the molecule is Cc1noc([C@@H](C)N2CCN(Cc3nnnn3C3CC3)CC2)n1. The highest BCUT2D eigenvalue weighted by atomic mass is 16.5. The second kappa shape index (κ2) is 5.97. The number of nitrogens with zero attached hydrogens (tertiary/aromatic N) is 8. The van der Waals surface area contributed by atoms with Crippen LogP contribution in [0.3, 0.4) is 0 Å². The van der Waals surface area contributed by atoms with Crippen LogP contribution in [0, 0.1) is 6.92 Å². The number of hydrogen-bond donors (Lipinski definition) is 0. The van der Waals surface area contributed by atoms with E-state index in [1.807, 2.05) is 11.6 Å². The normalized spacial score (nSPS) is 21.7. The molecule has 0 spiro atoms. The largest absolute Gasteiger partial charge is 0.338 e. The van der Waals surface area contributed by atoms with Gasteiger partial charge in [-0.1, -0.05) is 5.16 Å². The Balaban J connectivity index is 1.33. The summed E-state index contributed by atoms with van der Waals surface area (Å²) in [6.45, 7) is 8.74. The van der Waals surface area contributed by atoms with Crippen LogP contribution in [0.25, 0.3) is 0 Å². The maximum Gasteiger partial charge on any atom is 0.243 e. The molecule has 2 aromatic rings. The lowest BCUT2D eigenvalue weighted by molar-refractivity contribution is 0.0823. The van der Waals surface area contributed by atoms with Gasteiger partial charge in [0, 0.05) is 26.2 Å². The zero-order chi connectivity index (χ0) is 15.8. The lowest BCUT2D eigenvalue weighted by Gasteiger charge is -2.36. The quantitative estimate of drug-likeness (QED) is 0.791. The van der Waals surface area contributed by atoms with Crippen molar-refractivity contribution < 1.29 is 4.52 Å². The highest BCUT2D eigenvalue weighted by Gasteiger charge is 2.30. The van der Waals surface area contributed by atoms with Crippen LogP contribution in [0.4, 0.5) is 0 Å². The summed E-state index contributed by atoms with van der Waals surface area (Å²) in [5, 5.41) is 16.0. The molecule has 0 N–H and O–H groups in total. The minimum atomic E-state index is 0.162.